The first kappa shape index (κ1) is 24.9. The Morgan fingerprint density at radius 2 is 1.97 bits per heavy atom. The highest BCUT2D eigenvalue weighted by molar-refractivity contribution is 7.09. The number of likely N-dealkylation sites (tertiary alicyclic amines) is 1. The monoisotopic (exact) mass is 518 g/mol. The van der Waals surface area contributed by atoms with E-state index in [1.165, 1.54) is 16.9 Å². The first-order valence-electron chi connectivity index (χ1n) is 12.5. The SMILES string of the molecule is Cc1[nH]ncc1CCCNC(=O)c1csc(C2CCN(C(=O)c3c(-c4ccccc4)noc3C)CC2)n1. The van der Waals surface area contributed by atoms with Crippen molar-refractivity contribution >= 4 is 23.2 Å². The second-order valence-electron chi connectivity index (χ2n) is 9.35. The van der Waals surface area contributed by atoms with Crippen molar-refractivity contribution in [1.29, 1.82) is 0 Å². The molecule has 1 aromatic carbocycles. The molecule has 1 saturated heterocycles. The number of benzene rings is 1. The number of thiazole rings is 1. The average Bonchev–Trinajstić information content (AvgIpc) is 3.67. The van der Waals surface area contributed by atoms with Crippen molar-refractivity contribution in [3.8, 4) is 11.3 Å². The minimum absolute atomic E-state index is 0.0547. The molecule has 9 nitrogen and oxygen atoms in total. The Morgan fingerprint density at radius 3 is 2.70 bits per heavy atom. The van der Waals surface area contributed by atoms with Crippen LogP contribution in [0.3, 0.4) is 0 Å². The minimum atomic E-state index is -0.143. The molecule has 0 aliphatic carbocycles. The Labute approximate surface area is 219 Å². The third-order valence-corrected chi connectivity index (χ3v) is 7.86. The second kappa shape index (κ2) is 11.1. The third-order valence-electron chi connectivity index (χ3n) is 6.85. The van der Waals surface area contributed by atoms with Crippen LogP contribution in [-0.2, 0) is 6.42 Å². The largest absolute Gasteiger partial charge is 0.360 e. The fourth-order valence-corrected chi connectivity index (χ4v) is 5.65. The first-order valence-corrected chi connectivity index (χ1v) is 13.4. The summed E-state index contributed by atoms with van der Waals surface area (Å²) >= 11 is 1.52. The molecule has 1 aliphatic heterocycles. The van der Waals surface area contributed by atoms with E-state index in [4.69, 9.17) is 4.52 Å². The van der Waals surface area contributed by atoms with E-state index in [9.17, 15) is 9.59 Å². The number of rotatable bonds is 8. The van der Waals surface area contributed by atoms with Crippen molar-refractivity contribution in [3.63, 3.8) is 0 Å². The van der Waals surface area contributed by atoms with E-state index in [0.717, 1.165) is 41.9 Å². The van der Waals surface area contributed by atoms with Gasteiger partial charge in [0.25, 0.3) is 11.8 Å². The predicted octanol–water partition coefficient (Wildman–Crippen LogP) is 4.52. The van der Waals surface area contributed by atoms with E-state index in [2.05, 4.69) is 25.7 Å². The summed E-state index contributed by atoms with van der Waals surface area (Å²) in [6.45, 7) is 5.60. The zero-order valence-corrected chi connectivity index (χ0v) is 21.8. The first-order chi connectivity index (χ1) is 18.0. The summed E-state index contributed by atoms with van der Waals surface area (Å²) < 4.78 is 5.39. The summed E-state index contributed by atoms with van der Waals surface area (Å²) in [4.78, 5) is 32.4. The molecule has 0 bridgehead atoms. The lowest BCUT2D eigenvalue weighted by Crippen LogP contribution is -2.38. The molecular weight excluding hydrogens is 488 g/mol. The highest BCUT2D eigenvalue weighted by Crippen LogP contribution is 2.32. The Hall–Kier alpha value is -3.79. The topological polar surface area (TPSA) is 117 Å². The lowest BCUT2D eigenvalue weighted by molar-refractivity contribution is 0.0711. The lowest BCUT2D eigenvalue weighted by Gasteiger charge is -2.31. The molecule has 192 valence electrons. The normalized spacial score (nSPS) is 14.2. The highest BCUT2D eigenvalue weighted by Gasteiger charge is 2.30. The van der Waals surface area contributed by atoms with E-state index < -0.39 is 0 Å². The van der Waals surface area contributed by atoms with Crippen LogP contribution in [0.2, 0.25) is 0 Å². The zero-order chi connectivity index (χ0) is 25.8. The zero-order valence-electron chi connectivity index (χ0n) is 21.0. The van der Waals surface area contributed by atoms with Crippen molar-refractivity contribution in [2.24, 2.45) is 0 Å². The molecule has 1 fully saturated rings. The number of aromatic nitrogens is 4. The molecule has 0 saturated carbocycles. The highest BCUT2D eigenvalue weighted by atomic mass is 32.1. The number of amides is 2. The van der Waals surface area contributed by atoms with Crippen LogP contribution in [0.5, 0.6) is 0 Å². The summed E-state index contributed by atoms with van der Waals surface area (Å²) in [5.41, 5.74) is 4.68. The van der Waals surface area contributed by atoms with E-state index in [0.29, 0.717) is 42.3 Å². The quantitative estimate of drug-likeness (QED) is 0.331. The van der Waals surface area contributed by atoms with E-state index in [1.54, 1.807) is 6.92 Å². The van der Waals surface area contributed by atoms with Crippen LogP contribution in [0.25, 0.3) is 11.3 Å². The maximum Gasteiger partial charge on any atom is 0.270 e. The maximum atomic E-state index is 13.4. The Kier molecular flexibility index (Phi) is 7.45. The molecule has 4 aromatic rings. The van der Waals surface area contributed by atoms with Crippen molar-refractivity contribution in [2.75, 3.05) is 19.6 Å². The van der Waals surface area contributed by atoms with Gasteiger partial charge in [0.1, 0.15) is 22.7 Å². The van der Waals surface area contributed by atoms with Gasteiger partial charge in [0.05, 0.1) is 11.2 Å². The van der Waals surface area contributed by atoms with Crippen LogP contribution >= 0.6 is 11.3 Å². The molecule has 37 heavy (non-hydrogen) atoms. The molecule has 10 heteroatoms. The number of hydrogen-bond donors (Lipinski definition) is 2. The van der Waals surface area contributed by atoms with Gasteiger partial charge in [0.15, 0.2) is 0 Å². The lowest BCUT2D eigenvalue weighted by atomic mass is 9.96. The molecule has 2 N–H and O–H groups in total. The van der Waals surface area contributed by atoms with Crippen LogP contribution in [-0.4, -0.2) is 56.7 Å². The van der Waals surface area contributed by atoms with Gasteiger partial charge in [-0.3, -0.25) is 14.7 Å². The van der Waals surface area contributed by atoms with E-state index in [-0.39, 0.29) is 17.7 Å². The smallest absolute Gasteiger partial charge is 0.270 e. The number of aromatic amines is 1. The van der Waals surface area contributed by atoms with Crippen LogP contribution in [0.1, 0.15) is 68.1 Å². The number of piperidine rings is 1. The summed E-state index contributed by atoms with van der Waals surface area (Å²) in [7, 11) is 0. The van der Waals surface area contributed by atoms with Gasteiger partial charge >= 0.3 is 0 Å². The molecule has 5 rings (SSSR count). The number of hydrogen-bond acceptors (Lipinski definition) is 7. The van der Waals surface area contributed by atoms with Crippen molar-refractivity contribution in [1.82, 2.24) is 30.6 Å². The van der Waals surface area contributed by atoms with Crippen LogP contribution < -0.4 is 5.32 Å². The fraction of sp³-hybridized carbons (Fsp3) is 0.370. The number of aryl methyl sites for hydroxylation is 3. The molecular formula is C27H30N6O3S. The average molecular weight is 519 g/mol. The van der Waals surface area contributed by atoms with Crippen molar-refractivity contribution in [3.05, 3.63) is 75.2 Å². The number of nitrogens with one attached hydrogen (secondary N) is 2. The van der Waals surface area contributed by atoms with Crippen molar-refractivity contribution < 1.29 is 14.1 Å². The van der Waals surface area contributed by atoms with Gasteiger partial charge in [0, 0.05) is 42.2 Å². The van der Waals surface area contributed by atoms with E-state index in [1.807, 2.05) is 53.7 Å². The van der Waals surface area contributed by atoms with Gasteiger partial charge in [-0.2, -0.15) is 5.10 Å². The molecule has 1 aliphatic rings. The molecule has 0 atom stereocenters. The maximum absolute atomic E-state index is 13.4. The Bertz CT molecular complexity index is 1370. The molecule has 0 radical (unpaired) electrons. The molecule has 2 amide bonds. The summed E-state index contributed by atoms with van der Waals surface area (Å²) in [6, 6.07) is 9.63. The minimum Gasteiger partial charge on any atom is -0.360 e. The van der Waals surface area contributed by atoms with Gasteiger partial charge in [0.2, 0.25) is 0 Å². The third kappa shape index (κ3) is 5.48. The molecule has 0 spiro atoms. The van der Waals surface area contributed by atoms with E-state index >= 15 is 0 Å². The van der Waals surface area contributed by atoms with Crippen molar-refractivity contribution in [2.45, 2.75) is 45.4 Å². The van der Waals surface area contributed by atoms with Gasteiger partial charge in [-0.25, -0.2) is 4.98 Å². The summed E-state index contributed by atoms with van der Waals surface area (Å²) in [5, 5.41) is 16.9. The predicted molar refractivity (Wildman–Crippen MR) is 141 cm³/mol. The Morgan fingerprint density at radius 1 is 1.19 bits per heavy atom. The fourth-order valence-electron chi connectivity index (χ4n) is 4.68. The molecule has 0 unspecified atom stereocenters. The Balaban J connectivity index is 1.14. The van der Waals surface area contributed by atoms with Crippen LogP contribution in [0.15, 0.2) is 46.4 Å². The van der Waals surface area contributed by atoms with Crippen LogP contribution in [0.4, 0.5) is 0 Å². The summed E-state index contributed by atoms with van der Waals surface area (Å²) in [5.74, 6) is 0.564. The standard InChI is InChI=1S/C27H30N6O3S/c1-17-21(15-29-31-17)9-6-12-28-25(34)22-16-37-26(30-22)20-10-13-33(14-11-20)27(35)23-18(2)36-32-24(23)19-7-4-3-5-8-19/h3-5,7-8,15-16,20H,6,9-14H2,1-2H3,(H,28,34)(H,29,31). The second-order valence-corrected chi connectivity index (χ2v) is 10.2. The number of carbonyl (C=O) groups is 2. The summed E-state index contributed by atoms with van der Waals surface area (Å²) in [6.07, 6.45) is 5.14. The number of carbonyl (C=O) groups excluding carboxylic acids is 2. The van der Waals surface area contributed by atoms with Gasteiger partial charge in [-0.1, -0.05) is 35.5 Å². The number of nitrogens with zero attached hydrogens (tertiary/aromatic N) is 4. The molecule has 3 aromatic heterocycles. The number of H-pyrrole nitrogens is 1. The van der Waals surface area contributed by atoms with Gasteiger partial charge in [-0.15, -0.1) is 11.3 Å². The van der Waals surface area contributed by atoms with Crippen LogP contribution in [0, 0.1) is 13.8 Å². The molecule has 4 heterocycles. The van der Waals surface area contributed by atoms with Gasteiger partial charge < -0.3 is 14.7 Å². The van der Waals surface area contributed by atoms with Gasteiger partial charge in [-0.05, 0) is 45.1 Å².